The molecule has 0 radical (unpaired) electrons. The van der Waals surface area contributed by atoms with Crippen molar-refractivity contribution in [2.45, 2.75) is 13.3 Å². The maximum atomic E-state index is 10.6. The fourth-order valence-corrected chi connectivity index (χ4v) is 0.513. The van der Waals surface area contributed by atoms with Gasteiger partial charge in [-0.2, -0.15) is 0 Å². The van der Waals surface area contributed by atoms with Crippen molar-refractivity contribution in [1.29, 1.82) is 0 Å². The Morgan fingerprint density at radius 2 is 2.33 bits per heavy atom. The average molecular weight is 132 g/mol. The van der Waals surface area contributed by atoms with Gasteiger partial charge in [0.1, 0.15) is 0 Å². The molecule has 3 nitrogen and oxygen atoms in total. The van der Waals surface area contributed by atoms with E-state index in [1.54, 1.807) is 6.92 Å². The summed E-state index contributed by atoms with van der Waals surface area (Å²) in [5.41, 5.74) is 0. The summed E-state index contributed by atoms with van der Waals surface area (Å²) in [5, 5.41) is 8.37. The molecule has 0 aromatic heterocycles. The van der Waals surface area contributed by atoms with E-state index in [2.05, 4.69) is 4.74 Å². The SMILES string of the molecule is COC(=O)[C@@H](C)CCO. The molecule has 0 aliphatic rings. The van der Waals surface area contributed by atoms with Crippen LogP contribution < -0.4 is 0 Å². The standard InChI is InChI=1S/C6H12O3/c1-5(3-4-7)6(8)9-2/h5,7H,3-4H2,1-2H3/t5-/m0/s1. The number of methoxy groups -OCH3 is 1. The highest BCUT2D eigenvalue weighted by molar-refractivity contribution is 5.71. The summed E-state index contributed by atoms with van der Waals surface area (Å²) in [6.45, 7) is 1.76. The number of carbonyl (C=O) groups is 1. The maximum absolute atomic E-state index is 10.6. The van der Waals surface area contributed by atoms with Gasteiger partial charge in [0.25, 0.3) is 0 Å². The first-order chi connectivity index (χ1) is 4.22. The number of aliphatic hydroxyl groups excluding tert-OH is 1. The van der Waals surface area contributed by atoms with E-state index in [4.69, 9.17) is 5.11 Å². The lowest BCUT2D eigenvalue weighted by Crippen LogP contribution is -2.13. The minimum absolute atomic E-state index is 0.0380. The van der Waals surface area contributed by atoms with Crippen molar-refractivity contribution in [3.8, 4) is 0 Å². The molecule has 1 N–H and O–H groups in total. The van der Waals surface area contributed by atoms with Crippen LogP contribution in [0.2, 0.25) is 0 Å². The normalized spacial score (nSPS) is 12.8. The van der Waals surface area contributed by atoms with Crippen LogP contribution in [0.1, 0.15) is 13.3 Å². The third kappa shape index (κ3) is 3.08. The van der Waals surface area contributed by atoms with Crippen LogP contribution >= 0.6 is 0 Å². The third-order valence-corrected chi connectivity index (χ3v) is 1.17. The first-order valence-corrected chi connectivity index (χ1v) is 2.91. The molecule has 0 fully saturated rings. The number of hydrogen-bond acceptors (Lipinski definition) is 3. The van der Waals surface area contributed by atoms with Gasteiger partial charge in [-0.15, -0.1) is 0 Å². The Kier molecular flexibility index (Phi) is 4.05. The fraction of sp³-hybridized carbons (Fsp3) is 0.833. The van der Waals surface area contributed by atoms with Crippen molar-refractivity contribution in [3.63, 3.8) is 0 Å². The summed E-state index contributed by atoms with van der Waals surface area (Å²) in [7, 11) is 1.34. The molecule has 0 saturated carbocycles. The van der Waals surface area contributed by atoms with Crippen molar-refractivity contribution in [2.24, 2.45) is 5.92 Å². The molecule has 0 rings (SSSR count). The topological polar surface area (TPSA) is 46.5 Å². The van der Waals surface area contributed by atoms with E-state index in [1.165, 1.54) is 7.11 Å². The summed E-state index contributed by atoms with van der Waals surface area (Å²) >= 11 is 0. The van der Waals surface area contributed by atoms with E-state index in [-0.39, 0.29) is 18.5 Å². The van der Waals surface area contributed by atoms with Crippen LogP contribution in [0.3, 0.4) is 0 Å². The van der Waals surface area contributed by atoms with E-state index in [9.17, 15) is 4.79 Å². The lowest BCUT2D eigenvalue weighted by molar-refractivity contribution is -0.145. The monoisotopic (exact) mass is 132 g/mol. The molecule has 1 atom stereocenters. The summed E-state index contributed by atoms with van der Waals surface area (Å²) in [6, 6.07) is 0. The smallest absolute Gasteiger partial charge is 0.308 e. The molecule has 0 aliphatic heterocycles. The highest BCUT2D eigenvalue weighted by Gasteiger charge is 2.10. The van der Waals surface area contributed by atoms with Gasteiger partial charge in [-0.25, -0.2) is 0 Å². The lowest BCUT2D eigenvalue weighted by atomic mass is 10.1. The van der Waals surface area contributed by atoms with Crippen molar-refractivity contribution < 1.29 is 14.6 Å². The zero-order valence-corrected chi connectivity index (χ0v) is 5.76. The van der Waals surface area contributed by atoms with E-state index in [1.807, 2.05) is 0 Å². The van der Waals surface area contributed by atoms with Gasteiger partial charge in [-0.05, 0) is 6.42 Å². The number of esters is 1. The Balaban J connectivity index is 3.45. The highest BCUT2D eigenvalue weighted by atomic mass is 16.5. The Bertz CT molecular complexity index is 90.3. The Labute approximate surface area is 54.6 Å². The third-order valence-electron chi connectivity index (χ3n) is 1.17. The van der Waals surface area contributed by atoms with Crippen molar-refractivity contribution in [1.82, 2.24) is 0 Å². The molecule has 0 unspecified atom stereocenters. The predicted molar refractivity (Wildman–Crippen MR) is 32.9 cm³/mol. The molecule has 0 heterocycles. The second kappa shape index (κ2) is 4.32. The Hall–Kier alpha value is -0.570. The molecular weight excluding hydrogens is 120 g/mol. The lowest BCUT2D eigenvalue weighted by Gasteiger charge is -2.04. The molecule has 0 amide bonds. The van der Waals surface area contributed by atoms with Crippen LogP contribution in [0.5, 0.6) is 0 Å². The van der Waals surface area contributed by atoms with Crippen LogP contribution in [0, 0.1) is 5.92 Å². The molecule has 0 spiro atoms. The molecule has 0 aromatic rings. The Morgan fingerprint density at radius 1 is 1.78 bits per heavy atom. The quantitative estimate of drug-likeness (QED) is 0.557. The van der Waals surface area contributed by atoms with Crippen LogP contribution in [0.15, 0.2) is 0 Å². The fourth-order valence-electron chi connectivity index (χ4n) is 0.513. The molecule has 54 valence electrons. The number of ether oxygens (including phenoxy) is 1. The minimum Gasteiger partial charge on any atom is -0.469 e. The van der Waals surface area contributed by atoms with Gasteiger partial charge in [0.15, 0.2) is 0 Å². The zero-order valence-electron chi connectivity index (χ0n) is 5.76. The van der Waals surface area contributed by atoms with Crippen molar-refractivity contribution >= 4 is 5.97 Å². The predicted octanol–water partition coefficient (Wildman–Crippen LogP) is 0.178. The zero-order chi connectivity index (χ0) is 7.28. The second-order valence-electron chi connectivity index (χ2n) is 1.94. The number of aliphatic hydroxyl groups is 1. The van der Waals surface area contributed by atoms with E-state index >= 15 is 0 Å². The van der Waals surface area contributed by atoms with Gasteiger partial charge in [0, 0.05) is 6.61 Å². The van der Waals surface area contributed by atoms with Crippen molar-refractivity contribution in [2.75, 3.05) is 13.7 Å². The van der Waals surface area contributed by atoms with Crippen LogP contribution in [0.25, 0.3) is 0 Å². The molecular formula is C6H12O3. The highest BCUT2D eigenvalue weighted by Crippen LogP contribution is 2.01. The van der Waals surface area contributed by atoms with Gasteiger partial charge < -0.3 is 9.84 Å². The van der Waals surface area contributed by atoms with Gasteiger partial charge in [-0.1, -0.05) is 6.92 Å². The molecule has 0 bridgehead atoms. The average Bonchev–Trinajstić information content (AvgIpc) is 1.87. The first kappa shape index (κ1) is 8.43. The summed E-state index contributed by atoms with van der Waals surface area (Å²) in [6.07, 6.45) is 0.479. The number of rotatable bonds is 3. The van der Waals surface area contributed by atoms with E-state index in [0.29, 0.717) is 6.42 Å². The Morgan fingerprint density at radius 3 is 2.67 bits per heavy atom. The van der Waals surface area contributed by atoms with Gasteiger partial charge in [0.2, 0.25) is 0 Å². The summed E-state index contributed by atoms with van der Waals surface area (Å²) < 4.78 is 4.41. The molecule has 0 aliphatic carbocycles. The summed E-state index contributed by atoms with van der Waals surface area (Å²) in [4.78, 5) is 10.6. The van der Waals surface area contributed by atoms with Crippen LogP contribution in [0.4, 0.5) is 0 Å². The minimum atomic E-state index is -0.260. The van der Waals surface area contributed by atoms with Crippen LogP contribution in [-0.4, -0.2) is 24.8 Å². The van der Waals surface area contributed by atoms with Gasteiger partial charge in [0.05, 0.1) is 13.0 Å². The maximum Gasteiger partial charge on any atom is 0.308 e. The first-order valence-electron chi connectivity index (χ1n) is 2.91. The number of carbonyl (C=O) groups excluding carboxylic acids is 1. The van der Waals surface area contributed by atoms with Crippen molar-refractivity contribution in [3.05, 3.63) is 0 Å². The summed E-state index contributed by atoms with van der Waals surface area (Å²) in [5.74, 6) is -0.441. The molecule has 9 heavy (non-hydrogen) atoms. The van der Waals surface area contributed by atoms with E-state index in [0.717, 1.165) is 0 Å². The van der Waals surface area contributed by atoms with E-state index < -0.39 is 0 Å². The molecule has 0 aromatic carbocycles. The number of hydrogen-bond donors (Lipinski definition) is 1. The molecule has 3 heteroatoms. The van der Waals surface area contributed by atoms with Crippen LogP contribution in [-0.2, 0) is 9.53 Å². The molecule has 0 saturated heterocycles. The second-order valence-corrected chi connectivity index (χ2v) is 1.94. The van der Waals surface area contributed by atoms with Gasteiger partial charge in [-0.3, -0.25) is 4.79 Å². The largest absolute Gasteiger partial charge is 0.469 e. The van der Waals surface area contributed by atoms with Gasteiger partial charge >= 0.3 is 5.97 Å².